The molecule has 0 saturated carbocycles. The summed E-state index contributed by atoms with van der Waals surface area (Å²) in [5, 5.41) is 9.67. The Kier molecular flexibility index (Phi) is 6.81. The second-order valence-corrected chi connectivity index (χ2v) is 13.4. The lowest BCUT2D eigenvalue weighted by Gasteiger charge is -2.21. The first-order valence-corrected chi connectivity index (χ1v) is 17.7. The molecule has 0 fully saturated rings. The molecule has 242 valence electrons. The van der Waals surface area contributed by atoms with E-state index in [0.717, 1.165) is 69.2 Å². The normalized spacial score (nSPS) is 14.5. The van der Waals surface area contributed by atoms with Crippen LogP contribution in [0.1, 0.15) is 35.6 Å². The molecule has 4 nitrogen and oxygen atoms in total. The zero-order valence-corrected chi connectivity index (χ0v) is 28.2. The van der Waals surface area contributed by atoms with Gasteiger partial charge in [0.05, 0.1) is 22.6 Å². The van der Waals surface area contributed by atoms with Crippen molar-refractivity contribution in [2.24, 2.45) is 4.99 Å². The van der Waals surface area contributed by atoms with Gasteiger partial charge < -0.3 is 10.3 Å². The minimum Gasteiger partial charge on any atom is -0.361 e. The number of fused-ring (bicyclic) bond motifs is 7. The van der Waals surface area contributed by atoms with E-state index in [1.54, 1.807) is 0 Å². The first kappa shape index (κ1) is 29.4. The predicted molar refractivity (Wildman–Crippen MR) is 214 cm³/mol. The van der Waals surface area contributed by atoms with Gasteiger partial charge in [0.2, 0.25) is 0 Å². The molecule has 2 N–H and O–H groups in total. The van der Waals surface area contributed by atoms with Crippen LogP contribution in [0, 0.1) is 0 Å². The maximum Gasteiger partial charge on any atom is 0.138 e. The van der Waals surface area contributed by atoms with Crippen molar-refractivity contribution in [2.45, 2.75) is 19.8 Å². The average molecular weight is 655 g/mol. The second kappa shape index (κ2) is 11.8. The predicted octanol–water partition coefficient (Wildman–Crippen LogP) is 11.9. The van der Waals surface area contributed by atoms with Crippen LogP contribution >= 0.6 is 0 Å². The first-order chi connectivity index (χ1) is 25.2. The molecule has 2 aliphatic rings. The molecular formula is C47H34N4. The van der Waals surface area contributed by atoms with Crippen LogP contribution in [0.5, 0.6) is 0 Å². The van der Waals surface area contributed by atoms with Crippen molar-refractivity contribution < 1.29 is 0 Å². The lowest BCUT2D eigenvalue weighted by molar-refractivity contribution is 0.990. The Morgan fingerprint density at radius 3 is 2.20 bits per heavy atom. The molecule has 0 spiro atoms. The molecule has 3 heterocycles. The van der Waals surface area contributed by atoms with Crippen LogP contribution < -0.4 is 5.32 Å². The molecule has 6 aromatic carbocycles. The molecule has 51 heavy (non-hydrogen) atoms. The highest BCUT2D eigenvalue weighted by atomic mass is 15.0. The van der Waals surface area contributed by atoms with Gasteiger partial charge >= 0.3 is 0 Å². The number of pyridine rings is 1. The van der Waals surface area contributed by atoms with Crippen molar-refractivity contribution >= 4 is 55.7 Å². The fraction of sp³-hybridized carbons (Fsp3) is 0.0638. The van der Waals surface area contributed by atoms with Gasteiger partial charge in [0, 0.05) is 44.9 Å². The van der Waals surface area contributed by atoms with Crippen LogP contribution in [0.3, 0.4) is 0 Å². The number of aryl methyl sites for hydroxylation is 1. The van der Waals surface area contributed by atoms with Gasteiger partial charge in [0.25, 0.3) is 0 Å². The molecule has 2 aromatic heterocycles. The molecule has 8 aromatic rings. The number of nitrogens with one attached hydrogen (secondary N) is 2. The molecule has 1 aliphatic carbocycles. The monoisotopic (exact) mass is 654 g/mol. The lowest BCUT2D eigenvalue weighted by Crippen LogP contribution is -2.25. The maximum absolute atomic E-state index is 5.43. The summed E-state index contributed by atoms with van der Waals surface area (Å²) in [5.74, 6) is 0.844. The lowest BCUT2D eigenvalue weighted by atomic mass is 9.86. The fourth-order valence-corrected chi connectivity index (χ4v) is 7.93. The van der Waals surface area contributed by atoms with Crippen LogP contribution in [0.15, 0.2) is 151 Å². The van der Waals surface area contributed by atoms with E-state index in [-0.39, 0.29) is 0 Å². The van der Waals surface area contributed by atoms with Gasteiger partial charge in [-0.2, -0.15) is 0 Å². The smallest absolute Gasteiger partial charge is 0.138 e. The van der Waals surface area contributed by atoms with Crippen molar-refractivity contribution in [1.82, 2.24) is 15.3 Å². The summed E-state index contributed by atoms with van der Waals surface area (Å²) in [6.07, 6.45) is 10.8. The van der Waals surface area contributed by atoms with E-state index in [2.05, 4.69) is 157 Å². The molecule has 0 saturated heterocycles. The quantitative estimate of drug-likeness (QED) is 0.198. The standard InChI is InChI=1S/C47H34N4/c1-2-42-39-17-9-10-18-43(39)51-47(50-42)30-21-19-29(20-22-30)44-27-33(40-25-31-11-3-4-12-34(31)35-13-5-6-14-36(35)40)28-45(49-44)41-26-32-23-24-48-46(32)38-16-8-7-15-37(38)41/h2,4-10,12-28,48H,3,11H2,1H3,(H,50,51)/b42-2-. The summed E-state index contributed by atoms with van der Waals surface area (Å²) in [6, 6.07) is 45.8. The first-order valence-electron chi connectivity index (χ1n) is 17.7. The molecule has 0 bridgehead atoms. The molecular weight excluding hydrogens is 621 g/mol. The number of para-hydroxylation sites is 1. The minimum atomic E-state index is 0.844. The SMILES string of the molecule is C/C=C1\NC(c2ccc(-c3cc(-c4cc5c(c6ccccc46)C=CCC5)cc(-c4cc5cc[nH]c5c5ccccc45)n3)cc2)=Nc2ccccc21. The number of H-pyrrole nitrogens is 1. The van der Waals surface area contributed by atoms with Crippen molar-refractivity contribution in [2.75, 3.05) is 0 Å². The molecule has 0 amide bonds. The van der Waals surface area contributed by atoms with Crippen LogP contribution in [0.4, 0.5) is 5.69 Å². The van der Waals surface area contributed by atoms with Crippen molar-refractivity contribution in [3.05, 3.63) is 168 Å². The van der Waals surface area contributed by atoms with Gasteiger partial charge in [-0.1, -0.05) is 109 Å². The number of rotatable bonds is 4. The molecule has 10 rings (SSSR count). The minimum absolute atomic E-state index is 0.844. The summed E-state index contributed by atoms with van der Waals surface area (Å²) >= 11 is 0. The summed E-state index contributed by atoms with van der Waals surface area (Å²) in [5.41, 5.74) is 14.6. The van der Waals surface area contributed by atoms with E-state index in [1.165, 1.54) is 49.2 Å². The van der Waals surface area contributed by atoms with Crippen LogP contribution in [-0.2, 0) is 6.42 Å². The zero-order valence-electron chi connectivity index (χ0n) is 28.2. The number of aromatic nitrogens is 2. The zero-order chi connectivity index (χ0) is 33.9. The Morgan fingerprint density at radius 1 is 0.627 bits per heavy atom. The molecule has 0 atom stereocenters. The number of amidine groups is 1. The highest BCUT2D eigenvalue weighted by Crippen LogP contribution is 2.41. The fourth-order valence-electron chi connectivity index (χ4n) is 7.93. The van der Waals surface area contributed by atoms with Gasteiger partial charge in [-0.3, -0.25) is 0 Å². The number of nitrogens with zero attached hydrogens (tertiary/aromatic N) is 2. The van der Waals surface area contributed by atoms with Gasteiger partial charge in [0.1, 0.15) is 5.84 Å². The maximum atomic E-state index is 5.43. The van der Waals surface area contributed by atoms with E-state index in [4.69, 9.17) is 9.98 Å². The van der Waals surface area contributed by atoms with Gasteiger partial charge in [-0.15, -0.1) is 0 Å². The molecule has 0 unspecified atom stereocenters. The van der Waals surface area contributed by atoms with Crippen molar-refractivity contribution in [3.63, 3.8) is 0 Å². The number of aliphatic imine (C=N–C) groups is 1. The highest BCUT2D eigenvalue weighted by Gasteiger charge is 2.19. The summed E-state index contributed by atoms with van der Waals surface area (Å²) in [7, 11) is 0. The third-order valence-corrected chi connectivity index (χ3v) is 10.4. The number of hydrogen-bond acceptors (Lipinski definition) is 3. The van der Waals surface area contributed by atoms with Gasteiger partial charge in [-0.05, 0) is 94.6 Å². The topological polar surface area (TPSA) is 53.1 Å². The number of hydrogen-bond donors (Lipinski definition) is 2. The Balaban J connectivity index is 1.17. The van der Waals surface area contributed by atoms with Gasteiger partial charge in [-0.25, -0.2) is 9.98 Å². The van der Waals surface area contributed by atoms with Crippen molar-refractivity contribution in [3.8, 4) is 33.6 Å². The Labute approximate surface area is 296 Å². The second-order valence-electron chi connectivity index (χ2n) is 13.4. The third-order valence-electron chi connectivity index (χ3n) is 10.4. The van der Waals surface area contributed by atoms with E-state index in [0.29, 0.717) is 0 Å². The van der Waals surface area contributed by atoms with E-state index < -0.39 is 0 Å². The summed E-state index contributed by atoms with van der Waals surface area (Å²) in [4.78, 5) is 13.9. The average Bonchev–Trinajstić information content (AvgIpc) is 3.69. The molecule has 4 heteroatoms. The summed E-state index contributed by atoms with van der Waals surface area (Å²) in [6.45, 7) is 2.06. The number of allylic oxidation sites excluding steroid dienone is 2. The van der Waals surface area contributed by atoms with E-state index in [9.17, 15) is 0 Å². The number of benzene rings is 6. The van der Waals surface area contributed by atoms with Gasteiger partial charge in [0.15, 0.2) is 0 Å². The Hall–Kier alpha value is -6.52. The number of aromatic amines is 1. The largest absolute Gasteiger partial charge is 0.361 e. The van der Waals surface area contributed by atoms with Crippen LogP contribution in [0.25, 0.3) is 77.9 Å². The van der Waals surface area contributed by atoms with Crippen molar-refractivity contribution in [1.29, 1.82) is 0 Å². The Bertz CT molecular complexity index is 2780. The summed E-state index contributed by atoms with van der Waals surface area (Å²) < 4.78 is 0. The van der Waals surface area contributed by atoms with Crippen LogP contribution in [0.2, 0.25) is 0 Å². The molecule has 1 aliphatic heterocycles. The van der Waals surface area contributed by atoms with E-state index >= 15 is 0 Å². The highest BCUT2D eigenvalue weighted by molar-refractivity contribution is 6.13. The Morgan fingerprint density at radius 2 is 1.35 bits per heavy atom. The molecule has 0 radical (unpaired) electrons. The van der Waals surface area contributed by atoms with E-state index in [1.807, 2.05) is 12.3 Å². The third kappa shape index (κ3) is 4.91. The van der Waals surface area contributed by atoms with Crippen LogP contribution in [-0.4, -0.2) is 15.8 Å².